The van der Waals surface area contributed by atoms with Gasteiger partial charge in [0.05, 0.1) is 42.0 Å². The SMILES string of the molecule is COC(=O)c1ccc2nc(-c3cc4cc(OC)ccc4n3C(=O)OC(C)(C)C)c(NCC(C)C)nc2c1. The van der Waals surface area contributed by atoms with Gasteiger partial charge in [0, 0.05) is 11.9 Å². The number of hydrogen-bond donors (Lipinski definition) is 1. The van der Waals surface area contributed by atoms with Crippen LogP contribution in [-0.2, 0) is 9.47 Å². The van der Waals surface area contributed by atoms with Gasteiger partial charge in [-0.1, -0.05) is 13.8 Å². The summed E-state index contributed by atoms with van der Waals surface area (Å²) in [5, 5.41) is 4.16. The number of ether oxygens (including phenoxy) is 3. The minimum atomic E-state index is -0.699. The van der Waals surface area contributed by atoms with Crippen molar-refractivity contribution < 1.29 is 23.8 Å². The zero-order valence-corrected chi connectivity index (χ0v) is 22.2. The number of aromatic nitrogens is 3. The molecule has 0 saturated heterocycles. The number of esters is 1. The monoisotopic (exact) mass is 504 g/mol. The molecule has 9 nitrogen and oxygen atoms in total. The fraction of sp³-hybridized carbons (Fsp3) is 0.357. The maximum absolute atomic E-state index is 13.5. The van der Waals surface area contributed by atoms with E-state index >= 15 is 0 Å². The predicted molar refractivity (Wildman–Crippen MR) is 143 cm³/mol. The fourth-order valence-corrected chi connectivity index (χ4v) is 3.90. The Morgan fingerprint density at radius 2 is 1.76 bits per heavy atom. The van der Waals surface area contributed by atoms with Gasteiger partial charge in [-0.3, -0.25) is 0 Å². The Morgan fingerprint density at radius 3 is 2.41 bits per heavy atom. The molecule has 4 aromatic rings. The number of rotatable bonds is 6. The van der Waals surface area contributed by atoms with Gasteiger partial charge >= 0.3 is 12.1 Å². The highest BCUT2D eigenvalue weighted by molar-refractivity contribution is 5.99. The van der Waals surface area contributed by atoms with Gasteiger partial charge in [0.2, 0.25) is 0 Å². The topological polar surface area (TPSA) is 105 Å². The summed E-state index contributed by atoms with van der Waals surface area (Å²) in [7, 11) is 2.93. The van der Waals surface area contributed by atoms with Crippen molar-refractivity contribution in [1.29, 1.82) is 0 Å². The number of carbonyl (C=O) groups is 2. The van der Waals surface area contributed by atoms with Crippen molar-refractivity contribution in [2.45, 2.75) is 40.2 Å². The minimum Gasteiger partial charge on any atom is -0.497 e. The van der Waals surface area contributed by atoms with Crippen molar-refractivity contribution in [3.8, 4) is 17.1 Å². The second-order valence-electron chi connectivity index (χ2n) is 10.2. The van der Waals surface area contributed by atoms with Crippen molar-refractivity contribution in [3.63, 3.8) is 0 Å². The third-order valence-electron chi connectivity index (χ3n) is 5.59. The molecular formula is C28H32N4O5. The van der Waals surface area contributed by atoms with Crippen LogP contribution in [0.3, 0.4) is 0 Å². The normalized spacial score (nSPS) is 11.7. The molecule has 0 aliphatic carbocycles. The Labute approximate surface area is 215 Å². The number of nitrogens with one attached hydrogen (secondary N) is 1. The number of nitrogens with zero attached hydrogens (tertiary/aromatic N) is 3. The molecule has 0 bridgehead atoms. The van der Waals surface area contributed by atoms with Crippen LogP contribution in [0.1, 0.15) is 45.0 Å². The average molecular weight is 505 g/mol. The Hall–Kier alpha value is -4.14. The van der Waals surface area contributed by atoms with Crippen molar-refractivity contribution in [1.82, 2.24) is 14.5 Å². The molecule has 0 unspecified atom stereocenters. The number of carbonyl (C=O) groups excluding carboxylic acids is 2. The first kappa shape index (κ1) is 25.9. The van der Waals surface area contributed by atoms with Crippen molar-refractivity contribution in [2.24, 2.45) is 5.92 Å². The first-order chi connectivity index (χ1) is 17.5. The maximum atomic E-state index is 13.5. The third kappa shape index (κ3) is 5.50. The molecule has 0 amide bonds. The van der Waals surface area contributed by atoms with Gasteiger partial charge in [-0.05, 0) is 69.2 Å². The van der Waals surface area contributed by atoms with Crippen LogP contribution in [0, 0.1) is 5.92 Å². The van der Waals surface area contributed by atoms with Crippen LogP contribution < -0.4 is 10.1 Å². The molecule has 0 aliphatic heterocycles. The number of anilines is 1. The van der Waals surface area contributed by atoms with Gasteiger partial charge in [0.1, 0.15) is 17.0 Å². The van der Waals surface area contributed by atoms with Crippen molar-refractivity contribution in [2.75, 3.05) is 26.1 Å². The molecule has 0 aliphatic rings. The molecule has 4 rings (SSSR count). The smallest absolute Gasteiger partial charge is 0.419 e. The van der Waals surface area contributed by atoms with Gasteiger partial charge < -0.3 is 19.5 Å². The van der Waals surface area contributed by atoms with E-state index in [9.17, 15) is 9.59 Å². The molecule has 0 spiro atoms. The van der Waals surface area contributed by atoms with Gasteiger partial charge in [0.25, 0.3) is 0 Å². The van der Waals surface area contributed by atoms with Gasteiger partial charge in [-0.15, -0.1) is 0 Å². The van der Waals surface area contributed by atoms with E-state index in [0.29, 0.717) is 57.5 Å². The molecule has 2 aromatic carbocycles. The van der Waals surface area contributed by atoms with Crippen molar-refractivity contribution >= 4 is 39.8 Å². The van der Waals surface area contributed by atoms with E-state index in [1.165, 1.54) is 11.7 Å². The van der Waals surface area contributed by atoms with Crippen LogP contribution in [0.2, 0.25) is 0 Å². The van der Waals surface area contributed by atoms with Crippen molar-refractivity contribution in [3.05, 3.63) is 48.0 Å². The van der Waals surface area contributed by atoms with E-state index in [4.69, 9.17) is 24.2 Å². The summed E-state index contributed by atoms with van der Waals surface area (Å²) in [6, 6.07) is 12.4. The van der Waals surface area contributed by atoms with Crippen LogP contribution in [0.5, 0.6) is 5.75 Å². The zero-order chi connectivity index (χ0) is 26.9. The summed E-state index contributed by atoms with van der Waals surface area (Å²) in [4.78, 5) is 35.2. The average Bonchev–Trinajstić information content (AvgIpc) is 3.23. The van der Waals surface area contributed by atoms with Gasteiger partial charge in [-0.2, -0.15) is 0 Å². The molecule has 0 saturated carbocycles. The molecule has 1 N–H and O–H groups in total. The molecule has 37 heavy (non-hydrogen) atoms. The van der Waals surface area contributed by atoms with E-state index in [0.717, 1.165) is 5.39 Å². The summed E-state index contributed by atoms with van der Waals surface area (Å²) >= 11 is 0. The highest BCUT2D eigenvalue weighted by atomic mass is 16.6. The third-order valence-corrected chi connectivity index (χ3v) is 5.59. The van der Waals surface area contributed by atoms with Crippen LogP contribution in [0.25, 0.3) is 33.3 Å². The second kappa shape index (κ2) is 10.1. The lowest BCUT2D eigenvalue weighted by molar-refractivity contribution is 0.0545. The van der Waals surface area contributed by atoms with E-state index in [1.807, 2.05) is 39.0 Å². The summed E-state index contributed by atoms with van der Waals surface area (Å²) in [6.07, 6.45) is -0.527. The molecule has 2 aromatic heterocycles. The lowest BCUT2D eigenvalue weighted by Gasteiger charge is -2.21. The first-order valence-electron chi connectivity index (χ1n) is 12.1. The summed E-state index contributed by atoms with van der Waals surface area (Å²) < 4.78 is 17.5. The molecule has 194 valence electrons. The lowest BCUT2D eigenvalue weighted by atomic mass is 10.1. The van der Waals surface area contributed by atoms with Crippen LogP contribution >= 0.6 is 0 Å². The number of methoxy groups -OCH3 is 2. The molecule has 0 radical (unpaired) electrons. The van der Waals surface area contributed by atoms with E-state index < -0.39 is 17.7 Å². The number of hydrogen-bond acceptors (Lipinski definition) is 8. The lowest BCUT2D eigenvalue weighted by Crippen LogP contribution is -2.27. The standard InChI is InChI=1S/C28H32N4O5/c1-16(2)15-29-25-24(30-20-10-8-17(26(33)36-7)13-21(20)31-25)23-14-18-12-19(35-6)9-11-22(18)32(23)27(34)37-28(3,4)5/h8-14,16H,15H2,1-7H3,(H,29,31). The van der Waals surface area contributed by atoms with E-state index in [-0.39, 0.29) is 0 Å². The molecule has 0 atom stereocenters. The largest absolute Gasteiger partial charge is 0.497 e. The molecule has 0 fully saturated rings. The predicted octanol–water partition coefficient (Wildman–Crippen LogP) is 5.90. The Kier molecular flexibility index (Phi) is 7.07. The zero-order valence-electron chi connectivity index (χ0n) is 22.2. The summed E-state index contributed by atoms with van der Waals surface area (Å²) in [6.45, 7) is 10.3. The van der Waals surface area contributed by atoms with Crippen LogP contribution in [0.15, 0.2) is 42.5 Å². The fourth-order valence-electron chi connectivity index (χ4n) is 3.90. The first-order valence-corrected chi connectivity index (χ1v) is 12.1. The minimum absolute atomic E-state index is 0.327. The Balaban J connectivity index is 1.98. The Morgan fingerprint density at radius 1 is 1.00 bits per heavy atom. The second-order valence-corrected chi connectivity index (χ2v) is 10.2. The highest BCUT2D eigenvalue weighted by Gasteiger charge is 2.26. The number of benzene rings is 2. The van der Waals surface area contributed by atoms with Gasteiger partial charge in [-0.25, -0.2) is 24.1 Å². The number of fused-ring (bicyclic) bond motifs is 2. The maximum Gasteiger partial charge on any atom is 0.419 e. The molecular weight excluding hydrogens is 472 g/mol. The van der Waals surface area contributed by atoms with Crippen LogP contribution in [-0.4, -0.2) is 53.0 Å². The molecule has 2 heterocycles. The quantitative estimate of drug-likeness (QED) is 0.324. The highest BCUT2D eigenvalue weighted by Crippen LogP contribution is 2.35. The van der Waals surface area contributed by atoms with E-state index in [1.54, 1.807) is 31.4 Å². The summed E-state index contributed by atoms with van der Waals surface area (Å²) in [5.74, 6) is 1.03. The Bertz CT molecular complexity index is 1480. The van der Waals surface area contributed by atoms with Crippen LogP contribution in [0.4, 0.5) is 10.6 Å². The summed E-state index contributed by atoms with van der Waals surface area (Å²) in [5.41, 5.74) is 2.44. The molecule has 9 heteroatoms. The van der Waals surface area contributed by atoms with E-state index in [2.05, 4.69) is 19.2 Å². The van der Waals surface area contributed by atoms with Gasteiger partial charge in [0.15, 0.2) is 5.82 Å².